The van der Waals surface area contributed by atoms with Crippen LogP contribution in [0.25, 0.3) is 0 Å². The Bertz CT molecular complexity index is 1030. The molecule has 0 aliphatic carbocycles. The van der Waals surface area contributed by atoms with Gasteiger partial charge in [0.15, 0.2) is 5.16 Å². The predicted octanol–water partition coefficient (Wildman–Crippen LogP) is 3.15. The summed E-state index contributed by atoms with van der Waals surface area (Å²) in [4.78, 5) is 34.9. The van der Waals surface area contributed by atoms with Gasteiger partial charge in [-0.15, -0.1) is 0 Å². The van der Waals surface area contributed by atoms with Gasteiger partial charge in [0.05, 0.1) is 5.92 Å². The van der Waals surface area contributed by atoms with Crippen molar-refractivity contribution in [1.29, 1.82) is 0 Å². The zero-order valence-electron chi connectivity index (χ0n) is 17.7. The minimum Gasteiger partial charge on any atom is -0.368 e. The Morgan fingerprint density at radius 2 is 1.97 bits per heavy atom. The fourth-order valence-corrected chi connectivity index (χ4v) is 5.58. The molecule has 30 heavy (non-hydrogen) atoms. The second kappa shape index (κ2) is 8.63. The number of amides is 1. The summed E-state index contributed by atoms with van der Waals surface area (Å²) < 4.78 is 1.70. The molecule has 1 amide bonds. The van der Waals surface area contributed by atoms with Crippen molar-refractivity contribution in [2.45, 2.75) is 38.9 Å². The maximum absolute atomic E-state index is 13.2. The predicted molar refractivity (Wildman–Crippen MR) is 122 cm³/mol. The first-order valence-electron chi connectivity index (χ1n) is 10.4. The van der Waals surface area contributed by atoms with Crippen molar-refractivity contribution in [2.75, 3.05) is 36.8 Å². The number of piperazine rings is 1. The zero-order chi connectivity index (χ0) is 21.4. The van der Waals surface area contributed by atoms with E-state index in [4.69, 9.17) is 11.6 Å². The van der Waals surface area contributed by atoms with Crippen LogP contribution in [0.2, 0.25) is 5.02 Å². The number of nitrogens with zero attached hydrogens (tertiary/aromatic N) is 4. The summed E-state index contributed by atoms with van der Waals surface area (Å²) in [5.74, 6) is 0.624. The summed E-state index contributed by atoms with van der Waals surface area (Å²) >= 11 is 7.69. The summed E-state index contributed by atoms with van der Waals surface area (Å²) in [5, 5.41) is 1.47. The van der Waals surface area contributed by atoms with Gasteiger partial charge in [-0.05, 0) is 38.0 Å². The van der Waals surface area contributed by atoms with E-state index in [0.29, 0.717) is 31.8 Å². The van der Waals surface area contributed by atoms with Crippen molar-refractivity contribution in [3.05, 3.63) is 50.4 Å². The number of thioether (sulfide) groups is 1. The minimum atomic E-state index is -0.186. The number of benzene rings is 1. The van der Waals surface area contributed by atoms with Gasteiger partial charge in [0.1, 0.15) is 0 Å². The molecule has 1 aromatic heterocycles. The molecule has 6 nitrogen and oxygen atoms in total. The number of halogens is 1. The van der Waals surface area contributed by atoms with Crippen molar-refractivity contribution in [3.8, 4) is 0 Å². The molecule has 8 heteroatoms. The van der Waals surface area contributed by atoms with Crippen LogP contribution in [0.15, 0.2) is 28.2 Å². The molecule has 1 saturated heterocycles. The van der Waals surface area contributed by atoms with Crippen molar-refractivity contribution in [2.24, 2.45) is 5.92 Å². The van der Waals surface area contributed by atoms with Gasteiger partial charge in [-0.3, -0.25) is 14.2 Å². The Balaban J connectivity index is 1.44. The molecule has 2 aliphatic rings. The van der Waals surface area contributed by atoms with E-state index in [1.807, 2.05) is 36.9 Å². The highest BCUT2D eigenvalue weighted by atomic mass is 35.5. The molecule has 2 aliphatic heterocycles. The van der Waals surface area contributed by atoms with E-state index < -0.39 is 0 Å². The van der Waals surface area contributed by atoms with Crippen molar-refractivity contribution >= 4 is 35.0 Å². The van der Waals surface area contributed by atoms with Gasteiger partial charge in [0.2, 0.25) is 5.91 Å². The molecular weight excluding hydrogens is 420 g/mol. The second-order valence-electron chi connectivity index (χ2n) is 7.98. The lowest BCUT2D eigenvalue weighted by atomic mass is 10.1. The lowest BCUT2D eigenvalue weighted by Gasteiger charge is -2.38. The third-order valence-corrected chi connectivity index (χ3v) is 7.43. The molecule has 0 bridgehead atoms. The van der Waals surface area contributed by atoms with E-state index in [9.17, 15) is 9.59 Å². The average Bonchev–Trinajstić information content (AvgIpc) is 2.75. The molecule has 3 heterocycles. The number of carbonyl (C=O) groups excluding carboxylic acids is 1. The molecule has 4 rings (SSSR count). The van der Waals surface area contributed by atoms with Crippen LogP contribution >= 0.6 is 23.4 Å². The largest absolute Gasteiger partial charge is 0.368 e. The van der Waals surface area contributed by atoms with Crippen LogP contribution in [0, 0.1) is 19.8 Å². The maximum atomic E-state index is 13.2. The number of rotatable bonds is 3. The molecular formula is C22H27ClN4O2S. The first-order valence-corrected chi connectivity index (χ1v) is 11.8. The van der Waals surface area contributed by atoms with Crippen molar-refractivity contribution < 1.29 is 4.79 Å². The Morgan fingerprint density at radius 3 is 2.67 bits per heavy atom. The van der Waals surface area contributed by atoms with Gasteiger partial charge in [0, 0.05) is 60.4 Å². The summed E-state index contributed by atoms with van der Waals surface area (Å²) in [6.07, 6.45) is 0.659. The molecule has 1 aromatic carbocycles. The van der Waals surface area contributed by atoms with Crippen LogP contribution in [0.4, 0.5) is 5.69 Å². The molecule has 1 atom stereocenters. The molecule has 0 spiro atoms. The third kappa shape index (κ3) is 3.97. The summed E-state index contributed by atoms with van der Waals surface area (Å²) in [5.41, 5.74) is 3.88. The lowest BCUT2D eigenvalue weighted by Crippen LogP contribution is -2.52. The van der Waals surface area contributed by atoms with Gasteiger partial charge in [-0.1, -0.05) is 36.4 Å². The highest BCUT2D eigenvalue weighted by Gasteiger charge is 2.32. The van der Waals surface area contributed by atoms with Crippen LogP contribution < -0.4 is 10.5 Å². The number of carbonyl (C=O) groups is 1. The number of anilines is 1. The smallest absolute Gasteiger partial charge is 0.257 e. The number of hydrogen-bond acceptors (Lipinski definition) is 5. The molecule has 1 unspecified atom stereocenters. The normalized spacial score (nSPS) is 19.0. The topological polar surface area (TPSA) is 58.4 Å². The van der Waals surface area contributed by atoms with Crippen LogP contribution in [0.1, 0.15) is 23.7 Å². The van der Waals surface area contributed by atoms with Gasteiger partial charge < -0.3 is 9.80 Å². The standard InChI is InChI=1S/C22H27ClN4O2S/c1-4-18-15(3)24-22-27(21(18)29)12-16(13-30-22)20(28)26-9-7-25(8-10-26)19-11-17(23)6-5-14(19)2/h5-6,11,16H,4,7-10,12-13H2,1-3H3. The van der Waals surface area contributed by atoms with E-state index >= 15 is 0 Å². The third-order valence-electron chi connectivity index (χ3n) is 6.06. The Morgan fingerprint density at radius 1 is 1.23 bits per heavy atom. The van der Waals surface area contributed by atoms with Gasteiger partial charge in [-0.25, -0.2) is 4.98 Å². The molecule has 160 valence electrons. The number of aryl methyl sites for hydroxylation is 2. The van der Waals surface area contributed by atoms with Crippen LogP contribution in [-0.2, 0) is 17.8 Å². The summed E-state index contributed by atoms with van der Waals surface area (Å²) in [7, 11) is 0. The van der Waals surface area contributed by atoms with Crippen LogP contribution in [-0.4, -0.2) is 52.3 Å². The Labute approximate surface area is 186 Å². The lowest BCUT2D eigenvalue weighted by molar-refractivity contribution is -0.135. The monoisotopic (exact) mass is 446 g/mol. The zero-order valence-corrected chi connectivity index (χ0v) is 19.2. The SMILES string of the molecule is CCc1c(C)nc2n(c1=O)CC(C(=O)N1CCN(c3cc(Cl)ccc3C)CC1)CS2. The highest BCUT2D eigenvalue weighted by molar-refractivity contribution is 7.99. The fraction of sp³-hybridized carbons (Fsp3) is 0.500. The first-order chi connectivity index (χ1) is 14.4. The summed E-state index contributed by atoms with van der Waals surface area (Å²) in [6, 6.07) is 5.93. The molecule has 0 radical (unpaired) electrons. The maximum Gasteiger partial charge on any atom is 0.257 e. The van der Waals surface area contributed by atoms with E-state index in [-0.39, 0.29) is 17.4 Å². The van der Waals surface area contributed by atoms with Gasteiger partial charge >= 0.3 is 0 Å². The molecule has 1 fully saturated rings. The first kappa shape index (κ1) is 21.2. The number of aromatic nitrogens is 2. The van der Waals surface area contributed by atoms with Gasteiger partial charge in [-0.2, -0.15) is 0 Å². The second-order valence-corrected chi connectivity index (χ2v) is 9.40. The molecule has 0 saturated carbocycles. The van der Waals surface area contributed by atoms with Gasteiger partial charge in [0.25, 0.3) is 5.56 Å². The minimum absolute atomic E-state index is 0.00579. The van der Waals surface area contributed by atoms with E-state index in [2.05, 4.69) is 16.8 Å². The highest BCUT2D eigenvalue weighted by Crippen LogP contribution is 2.29. The van der Waals surface area contributed by atoms with Crippen LogP contribution in [0.3, 0.4) is 0 Å². The van der Waals surface area contributed by atoms with Crippen LogP contribution in [0.5, 0.6) is 0 Å². The number of hydrogen-bond donors (Lipinski definition) is 0. The average molecular weight is 447 g/mol. The quantitative estimate of drug-likeness (QED) is 0.678. The molecule has 0 N–H and O–H groups in total. The summed E-state index contributed by atoms with van der Waals surface area (Å²) in [6.45, 7) is 9.29. The molecule has 2 aromatic rings. The fourth-order valence-electron chi connectivity index (χ4n) is 4.30. The Kier molecular flexibility index (Phi) is 6.11. The Hall–Kier alpha value is -1.99. The number of fused-ring (bicyclic) bond motifs is 1. The van der Waals surface area contributed by atoms with Crippen molar-refractivity contribution in [1.82, 2.24) is 14.5 Å². The van der Waals surface area contributed by atoms with E-state index in [1.165, 1.54) is 17.3 Å². The van der Waals surface area contributed by atoms with E-state index in [0.717, 1.165) is 40.2 Å². The van der Waals surface area contributed by atoms with Crippen molar-refractivity contribution in [3.63, 3.8) is 0 Å². The van der Waals surface area contributed by atoms with E-state index in [1.54, 1.807) is 4.57 Å².